The van der Waals surface area contributed by atoms with E-state index in [0.29, 0.717) is 36.0 Å². The van der Waals surface area contributed by atoms with Gasteiger partial charge in [-0.1, -0.05) is 29.5 Å². The number of ether oxygens (including phenoxy) is 1. The van der Waals surface area contributed by atoms with E-state index in [1.165, 1.54) is 17.5 Å². The zero-order valence-electron chi connectivity index (χ0n) is 17.2. The summed E-state index contributed by atoms with van der Waals surface area (Å²) in [6, 6.07) is 13.4. The number of carbonyl (C=O) groups is 1. The molecule has 1 amide bonds. The predicted molar refractivity (Wildman–Crippen MR) is 121 cm³/mol. The molecule has 0 aliphatic carbocycles. The zero-order valence-corrected chi connectivity index (χ0v) is 18.0. The van der Waals surface area contributed by atoms with E-state index in [2.05, 4.69) is 9.97 Å². The van der Waals surface area contributed by atoms with Gasteiger partial charge in [0, 0.05) is 13.1 Å². The summed E-state index contributed by atoms with van der Waals surface area (Å²) < 4.78 is 6.69. The van der Waals surface area contributed by atoms with E-state index in [-0.39, 0.29) is 5.91 Å². The number of hydrogen-bond donors (Lipinski definition) is 0. The molecule has 0 bridgehead atoms. The number of thiazole rings is 1. The minimum atomic E-state index is -0.216. The van der Waals surface area contributed by atoms with Gasteiger partial charge in [-0.3, -0.25) is 14.7 Å². The molecular formula is C22H23N5O2S. The highest BCUT2D eigenvalue weighted by atomic mass is 32.1. The van der Waals surface area contributed by atoms with E-state index < -0.39 is 0 Å². The van der Waals surface area contributed by atoms with E-state index in [0.717, 1.165) is 21.5 Å². The van der Waals surface area contributed by atoms with Gasteiger partial charge in [0.05, 0.1) is 28.5 Å². The SMILES string of the molecule is CCOc1cccc2sc(N(CCN(C)C)C(=O)c3cnc4ccccc4n3)nc12. The zero-order chi connectivity index (χ0) is 21.1. The van der Waals surface area contributed by atoms with Crippen molar-refractivity contribution >= 4 is 43.6 Å². The third-order valence-corrected chi connectivity index (χ3v) is 5.63. The molecule has 30 heavy (non-hydrogen) atoms. The Hall–Kier alpha value is -3.10. The lowest BCUT2D eigenvalue weighted by atomic mass is 10.3. The third-order valence-electron chi connectivity index (χ3n) is 4.59. The van der Waals surface area contributed by atoms with Crippen LogP contribution in [0.15, 0.2) is 48.7 Å². The van der Waals surface area contributed by atoms with Crippen molar-refractivity contribution < 1.29 is 9.53 Å². The van der Waals surface area contributed by atoms with Gasteiger partial charge in [0.1, 0.15) is 17.0 Å². The van der Waals surface area contributed by atoms with Crippen molar-refractivity contribution in [2.75, 3.05) is 38.7 Å². The number of hydrogen-bond acceptors (Lipinski definition) is 7. The van der Waals surface area contributed by atoms with Crippen LogP contribution in [0.5, 0.6) is 5.75 Å². The maximum Gasteiger partial charge on any atom is 0.280 e. The molecule has 0 atom stereocenters. The lowest BCUT2D eigenvalue weighted by Gasteiger charge is -2.21. The summed E-state index contributed by atoms with van der Waals surface area (Å²) in [5.74, 6) is 0.509. The molecule has 0 spiro atoms. The summed E-state index contributed by atoms with van der Waals surface area (Å²) in [7, 11) is 3.95. The Morgan fingerprint density at radius 3 is 2.60 bits per heavy atom. The molecule has 8 heteroatoms. The van der Waals surface area contributed by atoms with Gasteiger partial charge in [0.2, 0.25) is 0 Å². The van der Waals surface area contributed by atoms with Crippen molar-refractivity contribution in [1.29, 1.82) is 0 Å². The second-order valence-corrected chi connectivity index (χ2v) is 8.05. The standard InChI is InChI=1S/C22H23N5O2S/c1-4-29-18-10-7-11-19-20(18)25-22(30-19)27(13-12-26(2)3)21(28)17-14-23-15-8-5-6-9-16(15)24-17/h5-11,14H,4,12-13H2,1-3H3. The number of fused-ring (bicyclic) bond motifs is 2. The first-order valence-electron chi connectivity index (χ1n) is 9.77. The average Bonchev–Trinajstić information content (AvgIpc) is 3.18. The molecule has 0 aliphatic rings. The van der Waals surface area contributed by atoms with Crippen molar-refractivity contribution in [3.05, 3.63) is 54.4 Å². The smallest absolute Gasteiger partial charge is 0.280 e. The predicted octanol–water partition coefficient (Wildman–Crippen LogP) is 3.85. The molecule has 2 heterocycles. The normalized spacial score (nSPS) is 11.3. The highest BCUT2D eigenvalue weighted by molar-refractivity contribution is 7.22. The summed E-state index contributed by atoms with van der Waals surface area (Å²) in [6.07, 6.45) is 1.53. The third kappa shape index (κ3) is 4.10. The Balaban J connectivity index is 1.74. The molecule has 0 fully saturated rings. The van der Waals surface area contributed by atoms with E-state index >= 15 is 0 Å². The molecule has 2 aromatic carbocycles. The highest BCUT2D eigenvalue weighted by Crippen LogP contribution is 2.34. The van der Waals surface area contributed by atoms with Crippen LogP contribution in [0, 0.1) is 0 Å². The van der Waals surface area contributed by atoms with E-state index in [1.54, 1.807) is 4.90 Å². The van der Waals surface area contributed by atoms with Gasteiger partial charge in [-0.05, 0) is 45.3 Å². The fourth-order valence-electron chi connectivity index (χ4n) is 3.08. The van der Waals surface area contributed by atoms with Gasteiger partial charge in [0.15, 0.2) is 5.13 Å². The maximum absolute atomic E-state index is 13.4. The largest absolute Gasteiger partial charge is 0.492 e. The molecule has 0 saturated heterocycles. The minimum absolute atomic E-state index is 0.216. The number of benzene rings is 2. The summed E-state index contributed by atoms with van der Waals surface area (Å²) in [5.41, 5.74) is 2.53. The minimum Gasteiger partial charge on any atom is -0.492 e. The summed E-state index contributed by atoms with van der Waals surface area (Å²) in [4.78, 5) is 30.8. The van der Waals surface area contributed by atoms with Gasteiger partial charge >= 0.3 is 0 Å². The van der Waals surface area contributed by atoms with Crippen LogP contribution in [0.25, 0.3) is 21.3 Å². The monoisotopic (exact) mass is 421 g/mol. The van der Waals surface area contributed by atoms with Crippen molar-refractivity contribution in [1.82, 2.24) is 19.9 Å². The number of nitrogens with zero attached hydrogens (tertiary/aromatic N) is 5. The molecule has 4 rings (SSSR count). The first-order valence-corrected chi connectivity index (χ1v) is 10.6. The Kier molecular flexibility index (Phi) is 5.87. The number of para-hydroxylation sites is 3. The molecule has 0 aliphatic heterocycles. The van der Waals surface area contributed by atoms with Crippen LogP contribution in [-0.4, -0.2) is 59.6 Å². The number of carbonyl (C=O) groups excluding carboxylic acids is 1. The molecule has 0 saturated carbocycles. The second kappa shape index (κ2) is 8.73. The Morgan fingerprint density at radius 1 is 1.03 bits per heavy atom. The van der Waals surface area contributed by atoms with Crippen molar-refractivity contribution in [3.8, 4) is 5.75 Å². The van der Waals surface area contributed by atoms with Crippen LogP contribution in [0.4, 0.5) is 5.13 Å². The summed E-state index contributed by atoms with van der Waals surface area (Å²) in [6.45, 7) is 3.68. The molecule has 0 unspecified atom stereocenters. The molecule has 154 valence electrons. The molecule has 0 radical (unpaired) electrons. The molecular weight excluding hydrogens is 398 g/mol. The first-order chi connectivity index (χ1) is 14.6. The molecule has 4 aromatic rings. The maximum atomic E-state index is 13.4. The molecule has 0 N–H and O–H groups in total. The fraction of sp³-hybridized carbons (Fsp3) is 0.273. The van der Waals surface area contributed by atoms with Crippen molar-refractivity contribution in [3.63, 3.8) is 0 Å². The fourth-order valence-corrected chi connectivity index (χ4v) is 4.09. The highest BCUT2D eigenvalue weighted by Gasteiger charge is 2.24. The topological polar surface area (TPSA) is 71.5 Å². The number of aromatic nitrogens is 3. The van der Waals surface area contributed by atoms with E-state index in [4.69, 9.17) is 9.72 Å². The van der Waals surface area contributed by atoms with Gasteiger partial charge < -0.3 is 9.64 Å². The van der Waals surface area contributed by atoms with Gasteiger partial charge in [-0.2, -0.15) is 0 Å². The lowest BCUT2D eigenvalue weighted by molar-refractivity contribution is 0.0980. The Bertz CT molecular complexity index is 1190. The van der Waals surface area contributed by atoms with Crippen molar-refractivity contribution in [2.24, 2.45) is 0 Å². The lowest BCUT2D eigenvalue weighted by Crippen LogP contribution is -2.37. The van der Waals surface area contributed by atoms with Crippen LogP contribution in [-0.2, 0) is 0 Å². The number of anilines is 1. The van der Waals surface area contributed by atoms with Crippen molar-refractivity contribution in [2.45, 2.75) is 6.92 Å². The number of likely N-dealkylation sites (N-methyl/N-ethyl adjacent to an activating group) is 1. The first kappa shape index (κ1) is 20.2. The van der Waals surface area contributed by atoms with Crippen LogP contribution in [0.1, 0.15) is 17.4 Å². The summed E-state index contributed by atoms with van der Waals surface area (Å²) in [5, 5.41) is 0.624. The Labute approximate surface area is 179 Å². The summed E-state index contributed by atoms with van der Waals surface area (Å²) >= 11 is 1.47. The van der Waals surface area contributed by atoms with Crippen LogP contribution >= 0.6 is 11.3 Å². The number of rotatable bonds is 7. The van der Waals surface area contributed by atoms with Gasteiger partial charge in [-0.15, -0.1) is 0 Å². The van der Waals surface area contributed by atoms with Crippen LogP contribution in [0.3, 0.4) is 0 Å². The Morgan fingerprint density at radius 2 is 1.83 bits per heavy atom. The van der Waals surface area contributed by atoms with Crippen LogP contribution in [0.2, 0.25) is 0 Å². The number of amides is 1. The average molecular weight is 422 g/mol. The van der Waals surface area contributed by atoms with Gasteiger partial charge in [0.25, 0.3) is 5.91 Å². The second-order valence-electron chi connectivity index (χ2n) is 7.04. The van der Waals surface area contributed by atoms with E-state index in [9.17, 15) is 4.79 Å². The van der Waals surface area contributed by atoms with Crippen LogP contribution < -0.4 is 9.64 Å². The van der Waals surface area contributed by atoms with Gasteiger partial charge in [-0.25, -0.2) is 9.97 Å². The quantitative estimate of drug-likeness (QED) is 0.451. The molecule has 2 aromatic heterocycles. The van der Waals surface area contributed by atoms with E-state index in [1.807, 2.05) is 68.4 Å². The molecule has 7 nitrogen and oxygen atoms in total.